The third kappa shape index (κ3) is 4.06. The fourth-order valence-corrected chi connectivity index (χ4v) is 3.74. The van der Waals surface area contributed by atoms with Crippen molar-refractivity contribution in [3.8, 4) is 0 Å². The Morgan fingerprint density at radius 3 is 2.67 bits per heavy atom. The van der Waals surface area contributed by atoms with Crippen molar-refractivity contribution >= 4 is 22.5 Å². The minimum Gasteiger partial charge on any atom is -0.322 e. The van der Waals surface area contributed by atoms with Gasteiger partial charge in [-0.2, -0.15) is 13.2 Å². The third-order valence-corrected chi connectivity index (χ3v) is 5.18. The van der Waals surface area contributed by atoms with Gasteiger partial charge in [0.25, 0.3) is 11.5 Å². The molecule has 6 nitrogen and oxygen atoms in total. The molecule has 0 bridgehead atoms. The van der Waals surface area contributed by atoms with Crippen LogP contribution in [-0.2, 0) is 12.7 Å². The molecule has 4 rings (SSSR count). The summed E-state index contributed by atoms with van der Waals surface area (Å²) in [5, 5.41) is 2.56. The Balaban J connectivity index is 1.65. The smallest absolute Gasteiger partial charge is 0.322 e. The van der Waals surface area contributed by atoms with Crippen molar-refractivity contribution in [2.45, 2.75) is 25.6 Å². The van der Waals surface area contributed by atoms with Crippen LogP contribution < -0.4 is 10.9 Å². The number of aromatic nitrogens is 2. The Labute approximate surface area is 169 Å². The maximum Gasteiger partial charge on any atom is 0.416 e. The zero-order valence-electron chi connectivity index (χ0n) is 15.9. The van der Waals surface area contributed by atoms with Gasteiger partial charge in [0.15, 0.2) is 0 Å². The number of likely N-dealkylation sites (tertiary alicyclic amines) is 1. The van der Waals surface area contributed by atoms with E-state index < -0.39 is 23.2 Å². The number of hydrogen-bond donors (Lipinski definition) is 2. The minimum atomic E-state index is -4.55. The van der Waals surface area contributed by atoms with Crippen molar-refractivity contribution in [3.05, 3.63) is 69.8 Å². The minimum absolute atomic E-state index is 0.00909. The number of fused-ring (bicyclic) bond motifs is 1. The van der Waals surface area contributed by atoms with Gasteiger partial charge in [0, 0.05) is 12.2 Å². The molecule has 0 saturated carbocycles. The third-order valence-electron chi connectivity index (χ3n) is 5.18. The van der Waals surface area contributed by atoms with Crippen LogP contribution in [0.1, 0.15) is 34.3 Å². The molecule has 0 atom stereocenters. The highest BCUT2D eigenvalue weighted by molar-refractivity contribution is 6.12. The van der Waals surface area contributed by atoms with Crippen LogP contribution in [0.3, 0.4) is 0 Å². The predicted molar refractivity (Wildman–Crippen MR) is 106 cm³/mol. The van der Waals surface area contributed by atoms with Crippen LogP contribution in [0, 0.1) is 0 Å². The average Bonchev–Trinajstić information content (AvgIpc) is 3.21. The van der Waals surface area contributed by atoms with Gasteiger partial charge in [-0.25, -0.2) is 4.98 Å². The van der Waals surface area contributed by atoms with Crippen LogP contribution in [0.2, 0.25) is 0 Å². The number of benzene rings is 2. The molecule has 2 aromatic carbocycles. The molecule has 0 radical (unpaired) electrons. The molecule has 30 heavy (non-hydrogen) atoms. The molecule has 3 aromatic rings. The number of nitrogens with one attached hydrogen (secondary N) is 2. The molecule has 0 aliphatic carbocycles. The molecule has 1 fully saturated rings. The van der Waals surface area contributed by atoms with Gasteiger partial charge in [0.2, 0.25) is 0 Å². The number of carbonyl (C=O) groups is 1. The van der Waals surface area contributed by atoms with E-state index in [-0.39, 0.29) is 28.7 Å². The van der Waals surface area contributed by atoms with Gasteiger partial charge in [0.05, 0.1) is 28.4 Å². The topological polar surface area (TPSA) is 78.1 Å². The zero-order valence-corrected chi connectivity index (χ0v) is 15.9. The highest BCUT2D eigenvalue weighted by Crippen LogP contribution is 2.35. The van der Waals surface area contributed by atoms with Crippen molar-refractivity contribution in [2.75, 3.05) is 18.4 Å². The van der Waals surface area contributed by atoms with Crippen LogP contribution >= 0.6 is 0 Å². The van der Waals surface area contributed by atoms with Crippen molar-refractivity contribution in [1.82, 2.24) is 14.9 Å². The van der Waals surface area contributed by atoms with Crippen molar-refractivity contribution in [2.24, 2.45) is 0 Å². The maximum absolute atomic E-state index is 13.6. The Bertz CT molecular complexity index is 1150. The van der Waals surface area contributed by atoms with E-state index in [4.69, 9.17) is 0 Å². The molecule has 2 N–H and O–H groups in total. The van der Waals surface area contributed by atoms with Crippen LogP contribution in [0.5, 0.6) is 0 Å². The fourth-order valence-electron chi connectivity index (χ4n) is 3.74. The molecular formula is C21H19F3N4O2. The molecule has 1 aromatic heterocycles. The fraction of sp³-hybridized carbons (Fsp3) is 0.286. The number of nitrogens with zero attached hydrogens (tertiary/aromatic N) is 2. The first kappa shape index (κ1) is 20.1. The second kappa shape index (κ2) is 7.91. The van der Waals surface area contributed by atoms with Gasteiger partial charge >= 0.3 is 6.18 Å². The number of H-pyrrole nitrogens is 1. The molecule has 1 amide bonds. The van der Waals surface area contributed by atoms with E-state index in [1.54, 1.807) is 12.1 Å². The molecular weight excluding hydrogens is 397 g/mol. The molecule has 1 aliphatic heterocycles. The zero-order chi connectivity index (χ0) is 21.3. The normalized spacial score (nSPS) is 14.9. The van der Waals surface area contributed by atoms with Crippen molar-refractivity contribution in [3.63, 3.8) is 0 Å². The van der Waals surface area contributed by atoms with Gasteiger partial charge in [-0.3, -0.25) is 14.5 Å². The maximum atomic E-state index is 13.6. The van der Waals surface area contributed by atoms with E-state index in [9.17, 15) is 22.8 Å². The van der Waals surface area contributed by atoms with Crippen LogP contribution in [0.25, 0.3) is 10.9 Å². The number of hydrogen-bond acceptors (Lipinski definition) is 4. The Morgan fingerprint density at radius 2 is 1.93 bits per heavy atom. The first-order valence-corrected chi connectivity index (χ1v) is 9.53. The van der Waals surface area contributed by atoms with Crippen LogP contribution in [-0.4, -0.2) is 33.9 Å². The first-order chi connectivity index (χ1) is 14.3. The van der Waals surface area contributed by atoms with Gasteiger partial charge in [-0.05, 0) is 55.8 Å². The summed E-state index contributed by atoms with van der Waals surface area (Å²) in [5.41, 5.74) is -0.727. The largest absolute Gasteiger partial charge is 0.416 e. The summed E-state index contributed by atoms with van der Waals surface area (Å²) < 4.78 is 40.9. The number of aromatic amines is 1. The summed E-state index contributed by atoms with van der Waals surface area (Å²) in [5.74, 6) is -0.681. The Hall–Kier alpha value is -3.20. The lowest BCUT2D eigenvalue weighted by atomic mass is 10.0. The lowest BCUT2D eigenvalue weighted by molar-refractivity contribution is -0.138. The van der Waals surface area contributed by atoms with Gasteiger partial charge < -0.3 is 10.3 Å². The molecule has 9 heteroatoms. The monoisotopic (exact) mass is 416 g/mol. The van der Waals surface area contributed by atoms with Gasteiger partial charge in [-0.1, -0.05) is 12.1 Å². The highest BCUT2D eigenvalue weighted by atomic mass is 19.4. The highest BCUT2D eigenvalue weighted by Gasteiger charge is 2.34. The number of anilines is 1. The molecule has 0 unspecified atom stereocenters. The Morgan fingerprint density at radius 1 is 1.17 bits per heavy atom. The Kier molecular flexibility index (Phi) is 5.29. The predicted octanol–water partition coefficient (Wildman–Crippen LogP) is 3.79. The summed E-state index contributed by atoms with van der Waals surface area (Å²) in [6.07, 6.45) is -1.36. The molecule has 156 valence electrons. The van der Waals surface area contributed by atoms with Crippen molar-refractivity contribution < 1.29 is 18.0 Å². The lowest BCUT2D eigenvalue weighted by Crippen LogP contribution is -2.22. The standard InChI is InChI=1S/C21H19F3N4O2/c22-21(23,24)16-10-14(7-6-13(16)11-28-8-1-2-9-28)27-19(29)15-4-3-5-17-18(15)20(30)26-12-25-17/h3-7,10,12H,1-2,8-9,11H2,(H,27,29)(H,25,26,30). The van der Waals surface area contributed by atoms with E-state index in [1.165, 1.54) is 24.5 Å². The summed E-state index contributed by atoms with van der Waals surface area (Å²) in [7, 11) is 0. The van der Waals surface area contributed by atoms with Gasteiger partial charge in [-0.15, -0.1) is 0 Å². The van der Waals surface area contributed by atoms with Crippen LogP contribution in [0.15, 0.2) is 47.5 Å². The molecule has 2 heterocycles. The van der Waals surface area contributed by atoms with E-state index in [0.29, 0.717) is 5.52 Å². The summed E-state index contributed by atoms with van der Waals surface area (Å²) in [4.78, 5) is 33.2. The number of rotatable bonds is 4. The first-order valence-electron chi connectivity index (χ1n) is 9.53. The van der Waals surface area contributed by atoms with Crippen LogP contribution in [0.4, 0.5) is 18.9 Å². The summed E-state index contributed by atoms with van der Waals surface area (Å²) in [6.45, 7) is 1.77. The number of carbonyl (C=O) groups excluding carboxylic acids is 1. The SMILES string of the molecule is O=C(Nc1ccc(CN2CCCC2)c(C(F)(F)F)c1)c1cccc2nc[nH]c(=O)c12. The molecule has 0 spiro atoms. The second-order valence-electron chi connectivity index (χ2n) is 7.24. The van der Waals surface area contributed by atoms with E-state index in [1.807, 2.05) is 4.90 Å². The summed E-state index contributed by atoms with van der Waals surface area (Å²) in [6, 6.07) is 8.36. The van der Waals surface area contributed by atoms with E-state index in [0.717, 1.165) is 32.0 Å². The molecule has 1 aliphatic rings. The van der Waals surface area contributed by atoms with E-state index in [2.05, 4.69) is 15.3 Å². The average molecular weight is 416 g/mol. The van der Waals surface area contributed by atoms with Crippen molar-refractivity contribution in [1.29, 1.82) is 0 Å². The van der Waals surface area contributed by atoms with Gasteiger partial charge in [0.1, 0.15) is 0 Å². The van der Waals surface area contributed by atoms with E-state index >= 15 is 0 Å². The lowest BCUT2D eigenvalue weighted by Gasteiger charge is -2.20. The quantitative estimate of drug-likeness (QED) is 0.679. The number of amides is 1. The second-order valence-corrected chi connectivity index (χ2v) is 7.24. The molecule has 1 saturated heterocycles. The number of alkyl halides is 3. The number of halogens is 3. The summed E-state index contributed by atoms with van der Waals surface area (Å²) >= 11 is 0.